The Balaban J connectivity index is 2.77. The van der Waals surface area contributed by atoms with Crippen LogP contribution >= 0.6 is 0 Å². The fraction of sp³-hybridized carbons (Fsp3) is 0.600. The van der Waals surface area contributed by atoms with Crippen LogP contribution < -0.4 is 4.74 Å². The van der Waals surface area contributed by atoms with Crippen molar-refractivity contribution < 1.29 is 9.84 Å². The number of aryl methyl sites for hydroxylation is 1. The highest BCUT2D eigenvalue weighted by atomic mass is 16.5. The van der Waals surface area contributed by atoms with Crippen LogP contribution in [0, 0.1) is 13.8 Å². The molecule has 2 nitrogen and oxygen atoms in total. The third kappa shape index (κ3) is 3.74. The van der Waals surface area contributed by atoms with Gasteiger partial charge in [-0.25, -0.2) is 0 Å². The van der Waals surface area contributed by atoms with Crippen LogP contribution in [0.1, 0.15) is 44.2 Å². The molecule has 0 saturated heterocycles. The Morgan fingerprint density at radius 2 is 1.94 bits per heavy atom. The van der Waals surface area contributed by atoms with E-state index in [9.17, 15) is 5.11 Å². The number of rotatable bonds is 6. The predicted octanol–water partition coefficient (Wildman–Crippen LogP) is 3.62. The van der Waals surface area contributed by atoms with Crippen LogP contribution in [-0.4, -0.2) is 17.3 Å². The summed E-state index contributed by atoms with van der Waals surface area (Å²) in [5.74, 6) is 0.895. The smallest absolute Gasteiger partial charge is 0.124 e. The highest BCUT2D eigenvalue weighted by Gasteiger charge is 2.19. The van der Waals surface area contributed by atoms with Gasteiger partial charge in [-0.15, -0.1) is 0 Å². The van der Waals surface area contributed by atoms with Crippen LogP contribution in [-0.2, 0) is 0 Å². The van der Waals surface area contributed by atoms with Gasteiger partial charge in [0.15, 0.2) is 0 Å². The van der Waals surface area contributed by atoms with Crippen molar-refractivity contribution in [3.63, 3.8) is 0 Å². The summed E-state index contributed by atoms with van der Waals surface area (Å²) in [5.41, 5.74) is 2.39. The maximum atomic E-state index is 10.0. The standard InChI is InChI=1S/C15H24O2/c1-5-8-13(16)14(6-2)17-15-10-7-9-11(3)12(15)4/h7,9-10,13-14,16H,5-6,8H2,1-4H3. The van der Waals surface area contributed by atoms with Gasteiger partial charge in [0.1, 0.15) is 11.9 Å². The van der Waals surface area contributed by atoms with E-state index in [2.05, 4.69) is 33.8 Å². The number of aliphatic hydroxyl groups excluding tert-OH is 1. The van der Waals surface area contributed by atoms with E-state index < -0.39 is 0 Å². The molecule has 0 aromatic heterocycles. The largest absolute Gasteiger partial charge is 0.487 e. The molecule has 0 fully saturated rings. The molecule has 0 aliphatic heterocycles. The summed E-state index contributed by atoms with van der Waals surface area (Å²) < 4.78 is 5.94. The van der Waals surface area contributed by atoms with Gasteiger partial charge in [-0.05, 0) is 43.9 Å². The topological polar surface area (TPSA) is 29.5 Å². The van der Waals surface area contributed by atoms with E-state index in [0.29, 0.717) is 0 Å². The lowest BCUT2D eigenvalue weighted by molar-refractivity contribution is 0.0280. The lowest BCUT2D eigenvalue weighted by Gasteiger charge is -2.24. The molecular formula is C15H24O2. The number of benzene rings is 1. The number of hydrogen-bond donors (Lipinski definition) is 1. The van der Waals surface area contributed by atoms with Gasteiger partial charge in [-0.3, -0.25) is 0 Å². The molecule has 1 aromatic carbocycles. The highest BCUT2D eigenvalue weighted by Crippen LogP contribution is 2.23. The molecule has 0 radical (unpaired) electrons. The molecule has 2 atom stereocenters. The molecule has 0 amide bonds. The van der Waals surface area contributed by atoms with Crippen molar-refractivity contribution >= 4 is 0 Å². The first kappa shape index (κ1) is 14.0. The van der Waals surface area contributed by atoms with Gasteiger partial charge in [0.25, 0.3) is 0 Å². The maximum Gasteiger partial charge on any atom is 0.124 e. The lowest BCUT2D eigenvalue weighted by atomic mass is 10.1. The molecule has 17 heavy (non-hydrogen) atoms. The van der Waals surface area contributed by atoms with Crippen molar-refractivity contribution in [3.05, 3.63) is 29.3 Å². The molecule has 1 aromatic rings. The number of hydrogen-bond acceptors (Lipinski definition) is 2. The second-order valence-corrected chi connectivity index (χ2v) is 4.62. The molecule has 0 bridgehead atoms. The third-order valence-electron chi connectivity index (χ3n) is 3.25. The second kappa shape index (κ2) is 6.65. The van der Waals surface area contributed by atoms with Gasteiger partial charge in [0, 0.05) is 0 Å². The zero-order valence-corrected chi connectivity index (χ0v) is 11.4. The van der Waals surface area contributed by atoms with Crippen molar-refractivity contribution in [3.8, 4) is 5.75 Å². The Bertz CT molecular complexity index is 347. The van der Waals surface area contributed by atoms with Gasteiger partial charge >= 0.3 is 0 Å². The first-order valence-corrected chi connectivity index (χ1v) is 6.51. The Labute approximate surface area is 105 Å². The first-order valence-electron chi connectivity index (χ1n) is 6.51. The zero-order valence-electron chi connectivity index (χ0n) is 11.4. The van der Waals surface area contributed by atoms with E-state index in [1.54, 1.807) is 0 Å². The van der Waals surface area contributed by atoms with Gasteiger partial charge in [0.2, 0.25) is 0 Å². The van der Waals surface area contributed by atoms with E-state index in [1.807, 2.05) is 12.1 Å². The first-order chi connectivity index (χ1) is 8.10. The van der Waals surface area contributed by atoms with E-state index in [0.717, 1.165) is 30.6 Å². The molecule has 2 unspecified atom stereocenters. The van der Waals surface area contributed by atoms with Crippen LogP contribution in [0.3, 0.4) is 0 Å². The quantitative estimate of drug-likeness (QED) is 0.817. The molecule has 0 heterocycles. The molecule has 0 aliphatic rings. The average Bonchev–Trinajstić information content (AvgIpc) is 2.31. The van der Waals surface area contributed by atoms with E-state index in [-0.39, 0.29) is 12.2 Å². The molecule has 0 spiro atoms. The van der Waals surface area contributed by atoms with Gasteiger partial charge in [-0.2, -0.15) is 0 Å². The molecule has 0 aliphatic carbocycles. The third-order valence-corrected chi connectivity index (χ3v) is 3.25. The molecular weight excluding hydrogens is 212 g/mol. The number of ether oxygens (including phenoxy) is 1. The van der Waals surface area contributed by atoms with Crippen molar-refractivity contribution in [1.82, 2.24) is 0 Å². The summed E-state index contributed by atoms with van der Waals surface area (Å²) >= 11 is 0. The normalized spacial score (nSPS) is 14.4. The van der Waals surface area contributed by atoms with Crippen LogP contribution in [0.5, 0.6) is 5.75 Å². The van der Waals surface area contributed by atoms with Crippen LogP contribution in [0.15, 0.2) is 18.2 Å². The molecule has 2 heteroatoms. The second-order valence-electron chi connectivity index (χ2n) is 4.62. The predicted molar refractivity (Wildman–Crippen MR) is 71.5 cm³/mol. The number of aliphatic hydroxyl groups is 1. The molecule has 1 N–H and O–H groups in total. The van der Waals surface area contributed by atoms with Crippen molar-refractivity contribution in [1.29, 1.82) is 0 Å². The zero-order chi connectivity index (χ0) is 12.8. The Hall–Kier alpha value is -1.02. The molecule has 0 saturated carbocycles. The highest BCUT2D eigenvalue weighted by molar-refractivity contribution is 5.38. The summed E-state index contributed by atoms with van der Waals surface area (Å²) in [4.78, 5) is 0. The van der Waals surface area contributed by atoms with Gasteiger partial charge < -0.3 is 9.84 Å². The van der Waals surface area contributed by atoms with E-state index >= 15 is 0 Å². The van der Waals surface area contributed by atoms with Crippen molar-refractivity contribution in [2.75, 3.05) is 0 Å². The summed E-state index contributed by atoms with van der Waals surface area (Å²) in [6.45, 7) is 8.26. The fourth-order valence-electron chi connectivity index (χ4n) is 1.93. The van der Waals surface area contributed by atoms with Crippen molar-refractivity contribution in [2.24, 2.45) is 0 Å². The summed E-state index contributed by atoms with van der Waals surface area (Å²) in [5, 5.41) is 10.0. The Morgan fingerprint density at radius 1 is 1.24 bits per heavy atom. The minimum atomic E-state index is -0.370. The minimum absolute atomic E-state index is 0.101. The van der Waals surface area contributed by atoms with Crippen molar-refractivity contribution in [2.45, 2.75) is 59.2 Å². The molecule has 96 valence electrons. The fourth-order valence-corrected chi connectivity index (χ4v) is 1.93. The van der Waals surface area contributed by atoms with Crippen LogP contribution in [0.25, 0.3) is 0 Å². The van der Waals surface area contributed by atoms with Crippen LogP contribution in [0.2, 0.25) is 0 Å². The van der Waals surface area contributed by atoms with Gasteiger partial charge in [-0.1, -0.05) is 32.4 Å². The Kier molecular flexibility index (Phi) is 5.49. The monoisotopic (exact) mass is 236 g/mol. The SMILES string of the molecule is CCCC(O)C(CC)Oc1cccc(C)c1C. The minimum Gasteiger partial charge on any atom is -0.487 e. The average molecular weight is 236 g/mol. The molecule has 1 rings (SSSR count). The summed E-state index contributed by atoms with van der Waals surface area (Å²) in [7, 11) is 0. The Morgan fingerprint density at radius 3 is 2.53 bits per heavy atom. The summed E-state index contributed by atoms with van der Waals surface area (Å²) in [6.07, 6.45) is 2.13. The summed E-state index contributed by atoms with van der Waals surface area (Å²) in [6, 6.07) is 6.05. The van der Waals surface area contributed by atoms with E-state index in [1.165, 1.54) is 5.56 Å². The van der Waals surface area contributed by atoms with Gasteiger partial charge in [0.05, 0.1) is 6.10 Å². The van der Waals surface area contributed by atoms with Crippen LogP contribution in [0.4, 0.5) is 0 Å². The maximum absolute atomic E-state index is 10.0. The lowest BCUT2D eigenvalue weighted by Crippen LogP contribution is -2.31. The van der Waals surface area contributed by atoms with E-state index in [4.69, 9.17) is 4.74 Å².